The molecule has 8 nitrogen and oxygen atoms in total. The third-order valence-corrected chi connectivity index (χ3v) is 7.95. The molecule has 13 heteroatoms. The highest BCUT2D eigenvalue weighted by molar-refractivity contribution is 7.91. The Bertz CT molecular complexity index is 1140. The van der Waals surface area contributed by atoms with Crippen LogP contribution in [0.4, 0.5) is 13.2 Å². The van der Waals surface area contributed by atoms with E-state index in [0.29, 0.717) is 0 Å². The third kappa shape index (κ3) is 3.87. The van der Waals surface area contributed by atoms with Gasteiger partial charge in [-0.25, -0.2) is 8.42 Å². The normalized spacial score (nSPS) is 16.2. The molecule has 30 heavy (non-hydrogen) atoms. The van der Waals surface area contributed by atoms with Gasteiger partial charge in [-0.05, 0) is 24.3 Å². The van der Waals surface area contributed by atoms with E-state index in [1.807, 2.05) is 0 Å². The van der Waals surface area contributed by atoms with Gasteiger partial charge in [-0.15, -0.1) is 11.3 Å². The number of hydrogen-bond donors (Lipinski definition) is 0. The number of thiophene rings is 1. The van der Waals surface area contributed by atoms with Crippen molar-refractivity contribution >= 4 is 27.3 Å². The number of furan rings is 1. The van der Waals surface area contributed by atoms with Crippen molar-refractivity contribution in [2.45, 2.75) is 10.4 Å². The second-order valence-corrected chi connectivity index (χ2v) is 9.61. The van der Waals surface area contributed by atoms with E-state index in [2.05, 4.69) is 9.68 Å². The summed E-state index contributed by atoms with van der Waals surface area (Å²) in [6, 6.07) is 6.55. The van der Waals surface area contributed by atoms with E-state index in [-0.39, 0.29) is 52.6 Å². The summed E-state index contributed by atoms with van der Waals surface area (Å²) in [5.74, 6) is -1.39. The molecule has 1 saturated heterocycles. The van der Waals surface area contributed by atoms with Crippen LogP contribution in [0, 0.1) is 0 Å². The van der Waals surface area contributed by atoms with Crippen molar-refractivity contribution in [2.24, 2.45) is 0 Å². The smallest absolute Gasteiger partial charge is 0.452 e. The van der Waals surface area contributed by atoms with Crippen LogP contribution in [-0.4, -0.2) is 54.9 Å². The molecular formula is C17H14F3N3O5S2. The Hall–Kier alpha value is -2.64. The molecule has 0 unspecified atom stereocenters. The Morgan fingerprint density at radius 2 is 1.87 bits per heavy atom. The van der Waals surface area contributed by atoms with Crippen molar-refractivity contribution in [1.29, 1.82) is 0 Å². The largest absolute Gasteiger partial charge is 0.459 e. The van der Waals surface area contributed by atoms with Crippen LogP contribution >= 0.6 is 11.3 Å². The Morgan fingerprint density at radius 3 is 2.47 bits per heavy atom. The third-order valence-electron chi connectivity index (χ3n) is 4.48. The van der Waals surface area contributed by atoms with E-state index in [1.54, 1.807) is 6.07 Å². The van der Waals surface area contributed by atoms with Gasteiger partial charge in [-0.3, -0.25) is 4.79 Å². The molecule has 3 aromatic heterocycles. The van der Waals surface area contributed by atoms with Gasteiger partial charge < -0.3 is 13.8 Å². The number of hydrogen-bond acceptors (Lipinski definition) is 7. The number of rotatable bonds is 4. The van der Waals surface area contributed by atoms with Crippen molar-refractivity contribution in [3.8, 4) is 10.6 Å². The van der Waals surface area contributed by atoms with Crippen LogP contribution < -0.4 is 0 Å². The van der Waals surface area contributed by atoms with Crippen molar-refractivity contribution in [2.75, 3.05) is 26.2 Å². The summed E-state index contributed by atoms with van der Waals surface area (Å²) in [6.07, 6.45) is -3.29. The van der Waals surface area contributed by atoms with Crippen LogP contribution in [0.15, 0.2) is 49.7 Å². The summed E-state index contributed by atoms with van der Waals surface area (Å²) in [7, 11) is -3.86. The van der Waals surface area contributed by atoms with E-state index < -0.39 is 22.0 Å². The van der Waals surface area contributed by atoms with Crippen LogP contribution in [0.3, 0.4) is 0 Å². The number of carbonyl (C=O) groups excluding carboxylic acids is 1. The molecular weight excluding hydrogens is 447 g/mol. The van der Waals surface area contributed by atoms with Gasteiger partial charge in [0.15, 0.2) is 5.76 Å². The molecule has 1 aliphatic rings. The van der Waals surface area contributed by atoms with Gasteiger partial charge in [-0.1, -0.05) is 5.16 Å². The molecule has 0 atom stereocenters. The van der Waals surface area contributed by atoms with E-state index in [1.165, 1.54) is 33.7 Å². The number of halogens is 3. The first-order valence-electron chi connectivity index (χ1n) is 8.63. The molecule has 0 radical (unpaired) electrons. The summed E-state index contributed by atoms with van der Waals surface area (Å²) in [4.78, 5) is 14.0. The van der Waals surface area contributed by atoms with E-state index in [9.17, 15) is 26.4 Å². The van der Waals surface area contributed by atoms with Gasteiger partial charge in [0.05, 0.1) is 11.1 Å². The zero-order chi connectivity index (χ0) is 21.5. The molecule has 3 aromatic rings. The van der Waals surface area contributed by atoms with Crippen molar-refractivity contribution in [3.63, 3.8) is 0 Å². The topological polar surface area (TPSA) is 96.9 Å². The Balaban J connectivity index is 1.46. The average molecular weight is 461 g/mol. The highest BCUT2D eigenvalue weighted by Gasteiger charge is 2.37. The Labute approximate surface area is 172 Å². The quantitative estimate of drug-likeness (QED) is 0.592. The summed E-state index contributed by atoms with van der Waals surface area (Å²) in [5, 5.41) is 3.37. The zero-order valence-corrected chi connectivity index (χ0v) is 16.8. The summed E-state index contributed by atoms with van der Waals surface area (Å²) >= 11 is 0.801. The lowest BCUT2D eigenvalue weighted by atomic mass is 10.3. The maximum absolute atomic E-state index is 12.9. The number of sulfonamides is 1. The second kappa shape index (κ2) is 7.56. The lowest BCUT2D eigenvalue weighted by molar-refractivity contribution is -0.155. The highest BCUT2D eigenvalue weighted by atomic mass is 32.2. The molecule has 0 spiro atoms. The number of aromatic nitrogens is 1. The standard InChI is InChI=1S/C17H14F3N3O5S2/c18-17(19,20)14-10-11(21-28-14)13-3-4-15(29-13)30(25,26)23-7-5-22(6-8-23)16(24)12-2-1-9-27-12/h1-4,9-10H,5-8H2. The second-order valence-electron chi connectivity index (χ2n) is 6.37. The molecule has 0 aliphatic carbocycles. The molecule has 0 aromatic carbocycles. The van der Waals surface area contributed by atoms with E-state index in [4.69, 9.17) is 4.42 Å². The fourth-order valence-corrected chi connectivity index (χ4v) is 5.77. The van der Waals surface area contributed by atoms with Crippen LogP contribution in [0.25, 0.3) is 10.6 Å². The SMILES string of the molecule is O=C(c1ccco1)N1CCN(S(=O)(=O)c2ccc(-c3cc(C(F)(F)F)on3)s2)CC1. The summed E-state index contributed by atoms with van der Waals surface area (Å²) < 4.78 is 74.3. The van der Waals surface area contributed by atoms with Crippen LogP contribution in [-0.2, 0) is 16.2 Å². The minimum absolute atomic E-state index is 0.0279. The van der Waals surface area contributed by atoms with Crippen molar-refractivity contribution in [3.05, 3.63) is 48.1 Å². The van der Waals surface area contributed by atoms with Crippen molar-refractivity contribution < 1.29 is 35.3 Å². The summed E-state index contributed by atoms with van der Waals surface area (Å²) in [6.45, 7) is 0.554. The van der Waals surface area contributed by atoms with Gasteiger partial charge in [0.25, 0.3) is 15.9 Å². The van der Waals surface area contributed by atoms with Crippen molar-refractivity contribution in [1.82, 2.24) is 14.4 Å². The maximum atomic E-state index is 12.9. The molecule has 160 valence electrons. The van der Waals surface area contributed by atoms with Gasteiger partial charge in [0.2, 0.25) is 5.76 Å². The number of piperazine rings is 1. The number of carbonyl (C=O) groups is 1. The molecule has 1 amide bonds. The molecule has 4 heterocycles. The lowest BCUT2D eigenvalue weighted by Crippen LogP contribution is -2.50. The van der Waals surface area contributed by atoms with Crippen LogP contribution in [0.1, 0.15) is 16.3 Å². The predicted octanol–water partition coefficient (Wildman–Crippen LogP) is 3.16. The fraction of sp³-hybridized carbons (Fsp3) is 0.294. The number of alkyl halides is 3. The number of nitrogens with zero attached hydrogens (tertiary/aromatic N) is 3. The van der Waals surface area contributed by atoms with Gasteiger partial charge in [0.1, 0.15) is 9.90 Å². The molecule has 4 rings (SSSR count). The Morgan fingerprint density at radius 1 is 1.13 bits per heavy atom. The molecule has 0 bridgehead atoms. The van der Waals surface area contributed by atoms with E-state index >= 15 is 0 Å². The maximum Gasteiger partial charge on any atom is 0.452 e. The van der Waals surface area contributed by atoms with Crippen LogP contribution in [0.5, 0.6) is 0 Å². The van der Waals surface area contributed by atoms with E-state index in [0.717, 1.165) is 17.4 Å². The van der Waals surface area contributed by atoms with Crippen LogP contribution in [0.2, 0.25) is 0 Å². The monoisotopic (exact) mass is 461 g/mol. The predicted molar refractivity (Wildman–Crippen MR) is 98.2 cm³/mol. The molecule has 0 N–H and O–H groups in total. The van der Waals surface area contributed by atoms with Gasteiger partial charge in [0, 0.05) is 32.2 Å². The van der Waals surface area contributed by atoms with Gasteiger partial charge in [-0.2, -0.15) is 17.5 Å². The molecule has 0 saturated carbocycles. The first-order chi connectivity index (χ1) is 14.2. The zero-order valence-electron chi connectivity index (χ0n) is 15.1. The minimum Gasteiger partial charge on any atom is -0.459 e. The Kier molecular flexibility index (Phi) is 5.20. The number of amides is 1. The first-order valence-corrected chi connectivity index (χ1v) is 10.9. The fourth-order valence-electron chi connectivity index (χ4n) is 2.94. The summed E-state index contributed by atoms with van der Waals surface area (Å²) in [5.41, 5.74) is -0.0948. The average Bonchev–Trinajstić information content (AvgIpc) is 3.48. The highest BCUT2D eigenvalue weighted by Crippen LogP contribution is 2.36. The minimum atomic E-state index is -4.68. The first kappa shape index (κ1) is 20.6. The van der Waals surface area contributed by atoms with Gasteiger partial charge >= 0.3 is 6.18 Å². The lowest BCUT2D eigenvalue weighted by Gasteiger charge is -2.33. The molecule has 1 fully saturated rings. The molecule has 1 aliphatic heterocycles.